The van der Waals surface area contributed by atoms with E-state index in [1.54, 1.807) is 6.07 Å². The molecular formula is C16H19Cl2N5O2. The predicted molar refractivity (Wildman–Crippen MR) is 94.5 cm³/mol. The van der Waals surface area contributed by atoms with Crippen LogP contribution < -0.4 is 10.6 Å². The normalized spacial score (nSPS) is 20.9. The van der Waals surface area contributed by atoms with Gasteiger partial charge in [-0.15, -0.1) is 0 Å². The van der Waals surface area contributed by atoms with Gasteiger partial charge < -0.3 is 15.4 Å². The molecule has 0 aliphatic carbocycles. The number of nitrogens with zero attached hydrogens (tertiary/aromatic N) is 3. The van der Waals surface area contributed by atoms with Gasteiger partial charge in [0.05, 0.1) is 22.8 Å². The van der Waals surface area contributed by atoms with Crippen molar-refractivity contribution in [3.05, 3.63) is 46.5 Å². The lowest BCUT2D eigenvalue weighted by Crippen LogP contribution is -2.37. The number of carbonyl (C=O) groups is 1. The minimum Gasteiger partial charge on any atom is -0.372 e. The first-order valence-corrected chi connectivity index (χ1v) is 8.75. The van der Waals surface area contributed by atoms with Gasteiger partial charge in [0.25, 0.3) is 0 Å². The number of rotatable bonds is 5. The zero-order valence-corrected chi connectivity index (χ0v) is 15.0. The van der Waals surface area contributed by atoms with E-state index in [-0.39, 0.29) is 24.5 Å². The van der Waals surface area contributed by atoms with Crippen LogP contribution in [0.25, 0.3) is 0 Å². The van der Waals surface area contributed by atoms with E-state index in [4.69, 9.17) is 27.9 Å². The van der Waals surface area contributed by atoms with Crippen molar-refractivity contribution >= 4 is 29.1 Å². The quantitative estimate of drug-likeness (QED) is 0.820. The van der Waals surface area contributed by atoms with Crippen LogP contribution in [-0.2, 0) is 16.1 Å². The van der Waals surface area contributed by atoms with E-state index in [1.807, 2.05) is 12.1 Å². The van der Waals surface area contributed by atoms with Gasteiger partial charge in [-0.2, -0.15) is 5.10 Å². The molecule has 25 heavy (non-hydrogen) atoms. The highest BCUT2D eigenvalue weighted by Gasteiger charge is 2.27. The molecule has 134 valence electrons. The van der Waals surface area contributed by atoms with Crippen molar-refractivity contribution in [3.8, 4) is 0 Å². The average Bonchev–Trinajstić information content (AvgIpc) is 2.98. The fourth-order valence-electron chi connectivity index (χ4n) is 2.79. The topological polar surface area (TPSA) is 81.1 Å². The maximum absolute atomic E-state index is 12.1. The fraction of sp³-hybridized carbons (Fsp3) is 0.438. The highest BCUT2D eigenvalue weighted by molar-refractivity contribution is 6.42. The Kier molecular flexibility index (Phi) is 6.25. The Morgan fingerprint density at radius 3 is 3.04 bits per heavy atom. The minimum absolute atomic E-state index is 0.0689. The van der Waals surface area contributed by atoms with Gasteiger partial charge in [-0.1, -0.05) is 29.3 Å². The maximum atomic E-state index is 12.1. The predicted octanol–water partition coefficient (Wildman–Crippen LogP) is 1.68. The number of amides is 1. The van der Waals surface area contributed by atoms with E-state index < -0.39 is 0 Å². The molecule has 7 nitrogen and oxygen atoms in total. The van der Waals surface area contributed by atoms with Crippen LogP contribution in [0.3, 0.4) is 0 Å². The highest BCUT2D eigenvalue weighted by Crippen LogP contribution is 2.31. The summed E-state index contributed by atoms with van der Waals surface area (Å²) >= 11 is 12.1. The average molecular weight is 384 g/mol. The van der Waals surface area contributed by atoms with Crippen molar-refractivity contribution in [1.29, 1.82) is 0 Å². The molecule has 0 spiro atoms. The molecule has 2 N–H and O–H groups in total. The lowest BCUT2D eigenvalue weighted by atomic mass is 9.95. The molecule has 3 rings (SSSR count). The number of halogens is 2. The minimum atomic E-state index is -0.170. The second-order valence-corrected chi connectivity index (χ2v) is 6.64. The van der Waals surface area contributed by atoms with Gasteiger partial charge in [-0.25, -0.2) is 9.67 Å². The molecule has 2 heterocycles. The van der Waals surface area contributed by atoms with Gasteiger partial charge in [0.1, 0.15) is 19.2 Å². The Labute approximate surface area is 155 Å². The van der Waals surface area contributed by atoms with E-state index in [0.717, 1.165) is 18.7 Å². The number of hydrogen-bond donors (Lipinski definition) is 2. The molecule has 2 atom stereocenters. The van der Waals surface area contributed by atoms with Gasteiger partial charge in [-0.3, -0.25) is 4.79 Å². The third kappa shape index (κ3) is 4.92. The zero-order chi connectivity index (χ0) is 17.6. The number of ether oxygens (including phenoxy) is 1. The molecule has 0 radical (unpaired) electrons. The molecule has 0 unspecified atom stereocenters. The van der Waals surface area contributed by atoms with Crippen LogP contribution in [0.5, 0.6) is 0 Å². The van der Waals surface area contributed by atoms with Crippen LogP contribution in [0.1, 0.15) is 11.7 Å². The summed E-state index contributed by atoms with van der Waals surface area (Å²) in [4.78, 5) is 15.9. The Hall–Kier alpha value is -1.67. The van der Waals surface area contributed by atoms with E-state index in [1.165, 1.54) is 17.3 Å². The molecule has 1 aromatic carbocycles. The standard InChI is InChI=1S/C16H19Cl2N5O2/c17-13-2-1-11(5-14(13)18)16-12(6-19-3-4-25-16)7-21-15(24)8-23-10-20-9-22-23/h1-2,5,9-10,12,16,19H,3-4,6-8H2,(H,21,24)/t12-,16-/m0/s1. The summed E-state index contributed by atoms with van der Waals surface area (Å²) in [5.41, 5.74) is 0.952. The molecule has 0 bridgehead atoms. The fourth-order valence-corrected chi connectivity index (χ4v) is 3.09. The molecule has 9 heteroatoms. The number of hydrogen-bond acceptors (Lipinski definition) is 5. The summed E-state index contributed by atoms with van der Waals surface area (Å²) in [5.74, 6) is -0.0536. The Morgan fingerprint density at radius 1 is 1.40 bits per heavy atom. The number of carbonyl (C=O) groups excluding carboxylic acids is 1. The van der Waals surface area contributed by atoms with Crippen molar-refractivity contribution in [3.63, 3.8) is 0 Å². The van der Waals surface area contributed by atoms with E-state index in [9.17, 15) is 4.79 Å². The van der Waals surface area contributed by atoms with Gasteiger partial charge in [0.15, 0.2) is 0 Å². The lowest BCUT2D eigenvalue weighted by molar-refractivity contribution is -0.122. The van der Waals surface area contributed by atoms with Gasteiger partial charge in [-0.05, 0) is 17.7 Å². The summed E-state index contributed by atoms with van der Waals surface area (Å²) in [7, 11) is 0. The third-order valence-electron chi connectivity index (χ3n) is 4.02. The maximum Gasteiger partial charge on any atom is 0.241 e. The van der Waals surface area contributed by atoms with Crippen LogP contribution in [-0.4, -0.2) is 46.9 Å². The zero-order valence-electron chi connectivity index (χ0n) is 13.5. The largest absolute Gasteiger partial charge is 0.372 e. The van der Waals surface area contributed by atoms with Crippen LogP contribution >= 0.6 is 23.2 Å². The summed E-state index contributed by atoms with van der Waals surface area (Å²) in [6.07, 6.45) is 2.74. The SMILES string of the molecule is O=C(Cn1cncn1)NC[C@@H]1CNCCO[C@H]1c1ccc(Cl)c(Cl)c1. The molecule has 0 saturated carbocycles. The highest BCUT2D eigenvalue weighted by atomic mass is 35.5. The summed E-state index contributed by atoms with van der Waals surface area (Å²) < 4.78 is 7.47. The molecule has 1 fully saturated rings. The first-order valence-electron chi connectivity index (χ1n) is 8.00. The van der Waals surface area contributed by atoms with E-state index >= 15 is 0 Å². The number of benzene rings is 1. The van der Waals surface area contributed by atoms with Crippen LogP contribution in [0, 0.1) is 5.92 Å². The monoisotopic (exact) mass is 383 g/mol. The third-order valence-corrected chi connectivity index (χ3v) is 4.76. The lowest BCUT2D eigenvalue weighted by Gasteiger charge is -2.25. The van der Waals surface area contributed by atoms with Crippen LogP contribution in [0.15, 0.2) is 30.9 Å². The summed E-state index contributed by atoms with van der Waals surface area (Å²) in [5, 5.41) is 11.2. The van der Waals surface area contributed by atoms with Gasteiger partial charge in [0, 0.05) is 25.6 Å². The van der Waals surface area contributed by atoms with Gasteiger partial charge in [0.2, 0.25) is 5.91 Å². The molecule has 1 aromatic heterocycles. The molecule has 1 aliphatic heterocycles. The number of aromatic nitrogens is 3. The van der Waals surface area contributed by atoms with Crippen molar-refractivity contribution in [2.24, 2.45) is 5.92 Å². The Bertz CT molecular complexity index is 711. The second kappa shape index (κ2) is 8.62. The Balaban J connectivity index is 1.65. The smallest absolute Gasteiger partial charge is 0.241 e. The number of nitrogens with one attached hydrogen (secondary N) is 2. The van der Waals surface area contributed by atoms with E-state index in [0.29, 0.717) is 23.2 Å². The first-order chi connectivity index (χ1) is 12.1. The van der Waals surface area contributed by atoms with Crippen molar-refractivity contribution in [1.82, 2.24) is 25.4 Å². The second-order valence-electron chi connectivity index (χ2n) is 5.83. The molecular weight excluding hydrogens is 365 g/mol. The first kappa shape index (κ1) is 18.1. The van der Waals surface area contributed by atoms with Gasteiger partial charge >= 0.3 is 0 Å². The van der Waals surface area contributed by atoms with Crippen LogP contribution in [0.4, 0.5) is 0 Å². The van der Waals surface area contributed by atoms with Crippen molar-refractivity contribution in [2.75, 3.05) is 26.2 Å². The summed E-state index contributed by atoms with van der Waals surface area (Å²) in [6, 6.07) is 5.50. The molecule has 1 amide bonds. The van der Waals surface area contributed by atoms with Crippen LogP contribution in [0.2, 0.25) is 10.0 Å². The molecule has 1 aliphatic rings. The Morgan fingerprint density at radius 2 is 2.28 bits per heavy atom. The van der Waals surface area contributed by atoms with Crippen molar-refractivity contribution < 1.29 is 9.53 Å². The van der Waals surface area contributed by atoms with Crippen molar-refractivity contribution in [2.45, 2.75) is 12.6 Å². The van der Waals surface area contributed by atoms with E-state index in [2.05, 4.69) is 20.7 Å². The summed E-state index contributed by atoms with van der Waals surface area (Å²) in [6.45, 7) is 2.70. The molecule has 2 aromatic rings. The molecule has 1 saturated heterocycles.